The van der Waals surface area contributed by atoms with E-state index in [0.29, 0.717) is 0 Å². The summed E-state index contributed by atoms with van der Waals surface area (Å²) in [6.07, 6.45) is 0. The average molecular weight is 256 g/mol. The van der Waals surface area contributed by atoms with Gasteiger partial charge in [-0.15, -0.1) is 0 Å². The van der Waals surface area contributed by atoms with Gasteiger partial charge in [0.2, 0.25) is 0 Å². The van der Waals surface area contributed by atoms with E-state index in [0.717, 1.165) is 6.07 Å². The second-order valence-electron chi connectivity index (χ2n) is 3.16. The smallest absolute Gasteiger partial charge is 0.423 e. The molecule has 0 aromatic heterocycles. The molecule has 1 aromatic rings. The number of benzene rings is 1. The standard InChI is InChI=1S/C9H12BFN2O3.C2H6/c11-8-5-6(10(15)16)1-2-7(8)9(14)13-4-3-12;1-2/h1-2,5,15-16H,3-4,12H2,(H,13,14);1-2H3. The van der Waals surface area contributed by atoms with Crippen molar-refractivity contribution in [3.05, 3.63) is 29.6 Å². The van der Waals surface area contributed by atoms with Crippen LogP contribution in [0.5, 0.6) is 0 Å². The first-order chi connectivity index (χ1) is 8.56. The highest BCUT2D eigenvalue weighted by atomic mass is 19.1. The Morgan fingerprint density at radius 2 is 2.06 bits per heavy atom. The first kappa shape index (κ1) is 16.6. The lowest BCUT2D eigenvalue weighted by Gasteiger charge is -2.06. The lowest BCUT2D eigenvalue weighted by atomic mass is 9.80. The van der Waals surface area contributed by atoms with Crippen LogP contribution < -0.4 is 16.5 Å². The molecule has 0 unspecified atom stereocenters. The van der Waals surface area contributed by atoms with E-state index in [4.69, 9.17) is 15.8 Å². The predicted octanol–water partition coefficient (Wildman–Crippen LogP) is -0.780. The van der Waals surface area contributed by atoms with Gasteiger partial charge in [0.25, 0.3) is 5.91 Å². The van der Waals surface area contributed by atoms with Gasteiger partial charge in [0.1, 0.15) is 5.82 Å². The normalized spacial score (nSPS) is 9.22. The number of rotatable bonds is 4. The monoisotopic (exact) mass is 256 g/mol. The highest BCUT2D eigenvalue weighted by molar-refractivity contribution is 6.58. The molecule has 1 amide bonds. The molecule has 0 radical (unpaired) electrons. The topological polar surface area (TPSA) is 95.6 Å². The zero-order valence-electron chi connectivity index (χ0n) is 10.5. The van der Waals surface area contributed by atoms with Crippen LogP contribution in [0, 0.1) is 5.82 Å². The summed E-state index contributed by atoms with van der Waals surface area (Å²) in [6.45, 7) is 4.52. The number of nitrogens with two attached hydrogens (primary N) is 1. The summed E-state index contributed by atoms with van der Waals surface area (Å²) in [7, 11) is -1.75. The minimum absolute atomic E-state index is 0.00660. The van der Waals surface area contributed by atoms with Crippen molar-refractivity contribution in [3.8, 4) is 0 Å². The maximum atomic E-state index is 13.4. The largest absolute Gasteiger partial charge is 0.488 e. The van der Waals surface area contributed by atoms with Crippen LogP contribution in [0.1, 0.15) is 24.2 Å². The molecule has 0 fully saturated rings. The first-order valence-corrected chi connectivity index (χ1v) is 5.70. The van der Waals surface area contributed by atoms with Gasteiger partial charge in [-0.2, -0.15) is 0 Å². The summed E-state index contributed by atoms with van der Waals surface area (Å²) in [5, 5.41) is 20.0. The van der Waals surface area contributed by atoms with Gasteiger partial charge >= 0.3 is 7.12 Å². The van der Waals surface area contributed by atoms with E-state index in [1.807, 2.05) is 13.8 Å². The number of halogens is 1. The second kappa shape index (κ2) is 8.63. The first-order valence-electron chi connectivity index (χ1n) is 5.70. The third-order valence-corrected chi connectivity index (χ3v) is 1.97. The predicted molar refractivity (Wildman–Crippen MR) is 69.0 cm³/mol. The van der Waals surface area contributed by atoms with Crippen LogP contribution in [0.2, 0.25) is 0 Å². The van der Waals surface area contributed by atoms with Crippen LogP contribution in [-0.4, -0.2) is 36.2 Å². The van der Waals surface area contributed by atoms with E-state index < -0.39 is 18.8 Å². The van der Waals surface area contributed by atoms with E-state index >= 15 is 0 Å². The van der Waals surface area contributed by atoms with Crippen LogP contribution in [-0.2, 0) is 0 Å². The van der Waals surface area contributed by atoms with Crippen LogP contribution in [0.4, 0.5) is 4.39 Å². The molecule has 100 valence electrons. The highest BCUT2D eigenvalue weighted by Crippen LogP contribution is 2.04. The molecule has 0 saturated carbocycles. The van der Waals surface area contributed by atoms with Crippen LogP contribution in [0.25, 0.3) is 0 Å². The quantitative estimate of drug-likeness (QED) is 0.531. The summed E-state index contributed by atoms with van der Waals surface area (Å²) in [5.74, 6) is -1.39. The Balaban J connectivity index is 0.00000137. The fourth-order valence-corrected chi connectivity index (χ4v) is 1.16. The molecule has 0 bridgehead atoms. The van der Waals surface area contributed by atoms with Gasteiger partial charge in [0.15, 0.2) is 0 Å². The van der Waals surface area contributed by atoms with Gasteiger partial charge in [0, 0.05) is 13.1 Å². The third kappa shape index (κ3) is 4.83. The number of amides is 1. The Hall–Kier alpha value is -1.44. The molecule has 0 heterocycles. The van der Waals surface area contributed by atoms with Crippen molar-refractivity contribution in [1.29, 1.82) is 0 Å². The van der Waals surface area contributed by atoms with E-state index in [2.05, 4.69) is 5.32 Å². The van der Waals surface area contributed by atoms with Crippen LogP contribution in [0.15, 0.2) is 18.2 Å². The number of hydrogen-bond donors (Lipinski definition) is 4. The molecule has 0 aliphatic carbocycles. The average Bonchev–Trinajstić information content (AvgIpc) is 2.38. The van der Waals surface area contributed by atoms with Gasteiger partial charge in [-0.05, 0) is 17.6 Å². The van der Waals surface area contributed by atoms with Gasteiger partial charge in [-0.25, -0.2) is 4.39 Å². The minimum Gasteiger partial charge on any atom is -0.423 e. The maximum Gasteiger partial charge on any atom is 0.488 e. The van der Waals surface area contributed by atoms with Crippen molar-refractivity contribution in [2.24, 2.45) is 5.73 Å². The Bertz CT molecular complexity index is 389. The number of hydrogen-bond acceptors (Lipinski definition) is 4. The molecule has 7 heteroatoms. The Labute approximate surface area is 106 Å². The summed E-state index contributed by atoms with van der Waals surface area (Å²) < 4.78 is 13.4. The molecule has 5 N–H and O–H groups in total. The van der Waals surface area contributed by atoms with Crippen molar-refractivity contribution in [3.63, 3.8) is 0 Å². The summed E-state index contributed by atoms with van der Waals surface area (Å²) in [5.41, 5.74) is 5.02. The third-order valence-electron chi connectivity index (χ3n) is 1.97. The Morgan fingerprint density at radius 3 is 2.50 bits per heavy atom. The lowest BCUT2D eigenvalue weighted by Crippen LogP contribution is -2.33. The van der Waals surface area contributed by atoms with Crippen molar-refractivity contribution < 1.29 is 19.2 Å². The summed E-state index contributed by atoms with van der Waals surface area (Å²) >= 11 is 0. The van der Waals surface area contributed by atoms with Gasteiger partial charge in [-0.3, -0.25) is 4.79 Å². The lowest BCUT2D eigenvalue weighted by molar-refractivity contribution is 0.0950. The SMILES string of the molecule is CC.NCCNC(=O)c1ccc(B(O)O)cc1F. The summed E-state index contributed by atoms with van der Waals surface area (Å²) in [4.78, 5) is 11.4. The van der Waals surface area contributed by atoms with Crippen molar-refractivity contribution in [2.45, 2.75) is 13.8 Å². The molecule has 18 heavy (non-hydrogen) atoms. The van der Waals surface area contributed by atoms with E-state index in [9.17, 15) is 9.18 Å². The van der Waals surface area contributed by atoms with Gasteiger partial charge in [-0.1, -0.05) is 19.9 Å². The molecular weight excluding hydrogens is 238 g/mol. The van der Waals surface area contributed by atoms with E-state index in [1.165, 1.54) is 12.1 Å². The zero-order chi connectivity index (χ0) is 14.1. The molecular formula is C11H18BFN2O3. The molecule has 0 aliphatic rings. The Morgan fingerprint density at radius 1 is 1.44 bits per heavy atom. The van der Waals surface area contributed by atoms with E-state index in [-0.39, 0.29) is 24.1 Å². The summed E-state index contributed by atoms with van der Waals surface area (Å²) in [6, 6.07) is 3.36. The fourth-order valence-electron chi connectivity index (χ4n) is 1.16. The zero-order valence-corrected chi connectivity index (χ0v) is 10.5. The van der Waals surface area contributed by atoms with Crippen LogP contribution in [0.3, 0.4) is 0 Å². The molecule has 0 spiro atoms. The molecule has 0 saturated heterocycles. The van der Waals surface area contributed by atoms with Gasteiger partial charge in [0.05, 0.1) is 5.56 Å². The maximum absolute atomic E-state index is 13.4. The van der Waals surface area contributed by atoms with Crippen molar-refractivity contribution in [2.75, 3.05) is 13.1 Å². The van der Waals surface area contributed by atoms with E-state index in [1.54, 1.807) is 0 Å². The fraction of sp³-hybridized carbons (Fsp3) is 0.364. The number of nitrogens with one attached hydrogen (secondary N) is 1. The highest BCUT2D eigenvalue weighted by Gasteiger charge is 2.16. The molecule has 0 atom stereocenters. The van der Waals surface area contributed by atoms with Crippen molar-refractivity contribution >= 4 is 18.5 Å². The minimum atomic E-state index is -1.75. The van der Waals surface area contributed by atoms with Crippen molar-refractivity contribution in [1.82, 2.24) is 5.32 Å². The molecule has 5 nitrogen and oxygen atoms in total. The van der Waals surface area contributed by atoms with Gasteiger partial charge < -0.3 is 21.1 Å². The Kier molecular flexibility index (Phi) is 7.94. The molecule has 1 aromatic carbocycles. The molecule has 1 rings (SSSR count). The van der Waals surface area contributed by atoms with Crippen LogP contribution >= 0.6 is 0 Å². The molecule has 0 aliphatic heterocycles. The number of carbonyl (C=O) groups is 1. The second-order valence-corrected chi connectivity index (χ2v) is 3.16. The number of carbonyl (C=O) groups excluding carboxylic acids is 1.